The smallest absolute Gasteiger partial charge is 0.338 e. The van der Waals surface area contributed by atoms with E-state index in [0.29, 0.717) is 19.0 Å². The van der Waals surface area contributed by atoms with Crippen LogP contribution in [0.2, 0.25) is 0 Å². The van der Waals surface area contributed by atoms with Gasteiger partial charge in [-0.1, -0.05) is 32.0 Å². The van der Waals surface area contributed by atoms with Crippen molar-refractivity contribution in [1.82, 2.24) is 14.5 Å². The lowest BCUT2D eigenvalue weighted by Crippen LogP contribution is -2.30. The monoisotopic (exact) mass is 493 g/mol. The van der Waals surface area contributed by atoms with Gasteiger partial charge in [0.1, 0.15) is 0 Å². The Labute approximate surface area is 183 Å². The van der Waals surface area contributed by atoms with Crippen molar-refractivity contribution in [3.8, 4) is 11.5 Å². The Morgan fingerprint density at radius 2 is 1.83 bits per heavy atom. The van der Waals surface area contributed by atoms with Crippen LogP contribution in [-0.2, 0) is 21.4 Å². The van der Waals surface area contributed by atoms with Gasteiger partial charge >= 0.3 is 5.97 Å². The fourth-order valence-corrected chi connectivity index (χ4v) is 4.72. The second kappa shape index (κ2) is 9.50. The second-order valence-corrected chi connectivity index (χ2v) is 8.97. The number of rotatable bonds is 8. The Kier molecular flexibility index (Phi) is 7.01. The summed E-state index contributed by atoms with van der Waals surface area (Å²) in [6.07, 6.45) is 0. The van der Waals surface area contributed by atoms with E-state index in [1.54, 1.807) is 13.8 Å². The van der Waals surface area contributed by atoms with Crippen molar-refractivity contribution >= 4 is 31.9 Å². The average molecular weight is 494 g/mol. The molecule has 0 radical (unpaired) electrons. The molecule has 0 amide bonds. The molecule has 30 heavy (non-hydrogen) atoms. The molecule has 0 spiro atoms. The molecule has 1 aromatic heterocycles. The molecule has 0 N–H and O–H groups in total. The average Bonchev–Trinajstić information content (AvgIpc) is 3.22. The van der Waals surface area contributed by atoms with E-state index in [2.05, 4.69) is 26.1 Å². The van der Waals surface area contributed by atoms with Gasteiger partial charge in [-0.05, 0) is 46.3 Å². The maximum Gasteiger partial charge on any atom is 0.338 e. The van der Waals surface area contributed by atoms with Gasteiger partial charge in [0.25, 0.3) is 5.89 Å². The van der Waals surface area contributed by atoms with Crippen molar-refractivity contribution in [2.45, 2.75) is 25.3 Å². The molecule has 0 unspecified atom stereocenters. The lowest BCUT2D eigenvalue weighted by molar-refractivity contribution is 0.0438. The highest BCUT2D eigenvalue weighted by molar-refractivity contribution is 9.10. The van der Waals surface area contributed by atoms with E-state index in [1.807, 2.05) is 24.3 Å². The van der Waals surface area contributed by atoms with Gasteiger partial charge in [-0.15, -0.1) is 10.2 Å². The van der Waals surface area contributed by atoms with Gasteiger partial charge in [0.2, 0.25) is 15.9 Å². The summed E-state index contributed by atoms with van der Waals surface area (Å²) < 4.78 is 38.2. The summed E-state index contributed by atoms with van der Waals surface area (Å²) in [4.78, 5) is 12.4. The lowest BCUT2D eigenvalue weighted by atomic mass is 10.2. The van der Waals surface area contributed by atoms with E-state index in [9.17, 15) is 13.2 Å². The topological polar surface area (TPSA) is 103 Å². The molecule has 0 fully saturated rings. The predicted octanol–water partition coefficient (Wildman–Crippen LogP) is 3.89. The van der Waals surface area contributed by atoms with E-state index in [-0.39, 0.29) is 23.0 Å². The first-order chi connectivity index (χ1) is 14.4. The van der Waals surface area contributed by atoms with Gasteiger partial charge in [0.05, 0.1) is 16.0 Å². The fraction of sp³-hybridized carbons (Fsp3) is 0.250. The van der Waals surface area contributed by atoms with Crippen molar-refractivity contribution in [2.75, 3.05) is 13.1 Å². The number of aromatic nitrogens is 2. The highest BCUT2D eigenvalue weighted by Gasteiger charge is 2.23. The van der Waals surface area contributed by atoms with Gasteiger partial charge in [-0.2, -0.15) is 4.31 Å². The molecule has 10 heteroatoms. The van der Waals surface area contributed by atoms with Crippen molar-refractivity contribution < 1.29 is 22.4 Å². The molecule has 0 aliphatic carbocycles. The molecule has 0 saturated carbocycles. The normalized spacial score (nSPS) is 11.6. The Morgan fingerprint density at radius 3 is 2.53 bits per heavy atom. The second-order valence-electron chi connectivity index (χ2n) is 6.17. The summed E-state index contributed by atoms with van der Waals surface area (Å²) in [6.45, 7) is 3.95. The van der Waals surface area contributed by atoms with E-state index in [4.69, 9.17) is 9.15 Å². The lowest BCUT2D eigenvalue weighted by Gasteiger charge is -2.18. The zero-order valence-electron chi connectivity index (χ0n) is 16.4. The molecule has 0 aliphatic rings. The van der Waals surface area contributed by atoms with Crippen LogP contribution in [0.1, 0.15) is 30.1 Å². The zero-order valence-corrected chi connectivity index (χ0v) is 18.8. The van der Waals surface area contributed by atoms with Crippen molar-refractivity contribution in [2.24, 2.45) is 0 Å². The van der Waals surface area contributed by atoms with Crippen LogP contribution in [0.3, 0.4) is 0 Å². The van der Waals surface area contributed by atoms with Crippen LogP contribution in [0.15, 0.2) is 62.3 Å². The van der Waals surface area contributed by atoms with Gasteiger partial charge in [0, 0.05) is 17.6 Å². The molecule has 0 saturated heterocycles. The van der Waals surface area contributed by atoms with Crippen LogP contribution in [0, 0.1) is 0 Å². The van der Waals surface area contributed by atoms with Crippen LogP contribution in [-0.4, -0.2) is 42.0 Å². The summed E-state index contributed by atoms with van der Waals surface area (Å²) in [7, 11) is -3.68. The fourth-order valence-electron chi connectivity index (χ4n) is 2.76. The first kappa shape index (κ1) is 22.1. The summed E-state index contributed by atoms with van der Waals surface area (Å²) in [5, 5.41) is 7.84. The van der Waals surface area contributed by atoms with Crippen LogP contribution < -0.4 is 0 Å². The van der Waals surface area contributed by atoms with E-state index >= 15 is 0 Å². The summed E-state index contributed by atoms with van der Waals surface area (Å²) in [6, 6.07) is 13.1. The van der Waals surface area contributed by atoms with E-state index in [0.717, 1.165) is 10.0 Å². The Hall–Kier alpha value is -2.56. The number of benzene rings is 2. The molecule has 0 bridgehead atoms. The molecule has 2 aromatic carbocycles. The van der Waals surface area contributed by atoms with Crippen molar-refractivity contribution in [1.29, 1.82) is 0 Å². The quantitative estimate of drug-likeness (QED) is 0.438. The third-order valence-electron chi connectivity index (χ3n) is 4.31. The molecule has 8 nitrogen and oxygen atoms in total. The highest BCUT2D eigenvalue weighted by Crippen LogP contribution is 2.26. The molecule has 3 rings (SSSR count). The number of nitrogens with zero attached hydrogens (tertiary/aromatic N) is 3. The summed E-state index contributed by atoms with van der Waals surface area (Å²) >= 11 is 3.41. The SMILES string of the molecule is CCN(CC)S(=O)(=O)c1cccc(C(=O)OCc2nnc(-c3ccccc3Br)o2)c1. The summed E-state index contributed by atoms with van der Waals surface area (Å²) in [5.41, 5.74) is 0.839. The number of carbonyl (C=O) groups excluding carboxylic acids is 1. The van der Waals surface area contributed by atoms with E-state index < -0.39 is 16.0 Å². The highest BCUT2D eigenvalue weighted by atomic mass is 79.9. The largest absolute Gasteiger partial charge is 0.452 e. The first-order valence-electron chi connectivity index (χ1n) is 9.21. The minimum Gasteiger partial charge on any atom is -0.452 e. The number of hydrogen-bond donors (Lipinski definition) is 0. The molecule has 3 aromatic rings. The number of carbonyl (C=O) groups is 1. The number of ether oxygens (including phenoxy) is 1. The maximum absolute atomic E-state index is 12.7. The molecular weight excluding hydrogens is 474 g/mol. The van der Waals surface area contributed by atoms with Gasteiger partial charge in [0.15, 0.2) is 6.61 Å². The Balaban J connectivity index is 1.71. The number of esters is 1. The third kappa shape index (κ3) is 4.77. The molecule has 158 valence electrons. The van der Waals surface area contributed by atoms with Crippen LogP contribution in [0.4, 0.5) is 0 Å². The van der Waals surface area contributed by atoms with Gasteiger partial charge in [-0.25, -0.2) is 13.2 Å². The minimum atomic E-state index is -3.68. The van der Waals surface area contributed by atoms with Crippen molar-refractivity contribution in [3.05, 3.63) is 64.5 Å². The molecular formula is C20H20BrN3O5S. The number of sulfonamides is 1. The Bertz CT molecular complexity index is 1140. The van der Waals surface area contributed by atoms with E-state index in [1.165, 1.54) is 28.6 Å². The van der Waals surface area contributed by atoms with Crippen LogP contribution in [0.25, 0.3) is 11.5 Å². The van der Waals surface area contributed by atoms with Crippen molar-refractivity contribution in [3.63, 3.8) is 0 Å². The predicted molar refractivity (Wildman–Crippen MR) is 113 cm³/mol. The van der Waals surface area contributed by atoms with Gasteiger partial charge < -0.3 is 9.15 Å². The summed E-state index contributed by atoms with van der Waals surface area (Å²) in [5.74, 6) is -0.269. The minimum absolute atomic E-state index is 0.0367. The molecule has 0 aliphatic heterocycles. The molecule has 1 heterocycles. The standard InChI is InChI=1S/C20H20BrN3O5S/c1-3-24(4-2)30(26,27)15-9-7-8-14(12-15)20(25)28-13-18-22-23-19(29-18)16-10-5-6-11-17(16)21/h5-12H,3-4,13H2,1-2H3. The maximum atomic E-state index is 12.7. The van der Waals surface area contributed by atoms with Crippen LogP contribution >= 0.6 is 15.9 Å². The van der Waals surface area contributed by atoms with Crippen LogP contribution in [0.5, 0.6) is 0 Å². The molecule has 0 atom stereocenters. The Morgan fingerprint density at radius 1 is 1.10 bits per heavy atom. The first-order valence-corrected chi connectivity index (χ1v) is 11.4. The third-order valence-corrected chi connectivity index (χ3v) is 7.05. The number of halogens is 1. The zero-order chi connectivity index (χ0) is 21.7. The van der Waals surface area contributed by atoms with Gasteiger partial charge in [-0.3, -0.25) is 0 Å². The number of hydrogen-bond acceptors (Lipinski definition) is 7.